The second-order valence-electron chi connectivity index (χ2n) is 6.19. The van der Waals surface area contributed by atoms with Gasteiger partial charge in [-0.15, -0.1) is 0 Å². The van der Waals surface area contributed by atoms with E-state index in [0.29, 0.717) is 6.04 Å². The summed E-state index contributed by atoms with van der Waals surface area (Å²) in [6.07, 6.45) is 9.11. The van der Waals surface area contributed by atoms with Crippen molar-refractivity contribution in [3.63, 3.8) is 0 Å². The molecule has 0 aromatic carbocycles. The Bertz CT molecular complexity index is 418. The van der Waals surface area contributed by atoms with Crippen molar-refractivity contribution in [3.8, 4) is 0 Å². The molecule has 21 heavy (non-hydrogen) atoms. The maximum absolute atomic E-state index is 5.96. The number of hydrazine groups is 1. The Morgan fingerprint density at radius 1 is 1.38 bits per heavy atom. The molecule has 0 aliphatic heterocycles. The number of aromatic nitrogens is 2. The number of nitrogens with one attached hydrogen (secondary N) is 1. The molecule has 1 saturated carbocycles. The van der Waals surface area contributed by atoms with Gasteiger partial charge < -0.3 is 0 Å². The molecule has 3 N–H and O–H groups in total. The average Bonchev–Trinajstić information content (AvgIpc) is 3.12. The van der Waals surface area contributed by atoms with E-state index in [1.807, 2.05) is 17.9 Å². The van der Waals surface area contributed by atoms with Crippen molar-refractivity contribution in [2.24, 2.45) is 12.9 Å². The molecular weight excluding hydrogens is 262 g/mol. The van der Waals surface area contributed by atoms with Gasteiger partial charge in [-0.25, -0.2) is 0 Å². The highest BCUT2D eigenvalue weighted by Crippen LogP contribution is 2.39. The van der Waals surface area contributed by atoms with Crippen molar-refractivity contribution in [2.75, 3.05) is 13.1 Å². The Morgan fingerprint density at radius 3 is 2.52 bits per heavy atom. The van der Waals surface area contributed by atoms with Gasteiger partial charge in [0.2, 0.25) is 0 Å². The highest BCUT2D eigenvalue weighted by atomic mass is 15.3. The molecule has 0 spiro atoms. The van der Waals surface area contributed by atoms with Gasteiger partial charge in [0.05, 0.1) is 0 Å². The molecule has 1 heterocycles. The normalized spacial score (nSPS) is 19.3. The lowest BCUT2D eigenvalue weighted by Crippen LogP contribution is -2.61. The van der Waals surface area contributed by atoms with Crippen LogP contribution in [-0.4, -0.2) is 39.4 Å². The quantitative estimate of drug-likeness (QED) is 0.567. The van der Waals surface area contributed by atoms with Crippen LogP contribution in [0.2, 0.25) is 0 Å². The van der Waals surface area contributed by atoms with Crippen LogP contribution in [0.15, 0.2) is 12.3 Å². The fourth-order valence-corrected chi connectivity index (χ4v) is 4.17. The third kappa shape index (κ3) is 3.30. The largest absolute Gasteiger partial charge is 0.297 e. The number of aryl methyl sites for hydroxylation is 2. The van der Waals surface area contributed by atoms with Crippen LogP contribution in [0.5, 0.6) is 0 Å². The molecule has 5 nitrogen and oxygen atoms in total. The van der Waals surface area contributed by atoms with Crippen LogP contribution >= 0.6 is 0 Å². The van der Waals surface area contributed by atoms with E-state index in [1.165, 1.54) is 31.4 Å². The molecular formula is C16H31N5. The molecule has 1 atom stereocenters. The van der Waals surface area contributed by atoms with E-state index in [9.17, 15) is 0 Å². The molecule has 1 aromatic rings. The van der Waals surface area contributed by atoms with Crippen molar-refractivity contribution in [1.82, 2.24) is 20.1 Å². The first-order valence-corrected chi connectivity index (χ1v) is 8.36. The molecule has 1 fully saturated rings. The van der Waals surface area contributed by atoms with Crippen LogP contribution < -0.4 is 11.3 Å². The minimum Gasteiger partial charge on any atom is -0.297 e. The van der Waals surface area contributed by atoms with Gasteiger partial charge in [-0.3, -0.25) is 20.9 Å². The predicted molar refractivity (Wildman–Crippen MR) is 86.8 cm³/mol. The maximum Gasteiger partial charge on any atom is 0.0492 e. The predicted octanol–water partition coefficient (Wildman–Crippen LogP) is 1.84. The Balaban J connectivity index is 2.10. The highest BCUT2D eigenvalue weighted by Gasteiger charge is 2.44. The van der Waals surface area contributed by atoms with E-state index < -0.39 is 0 Å². The minimum atomic E-state index is 0.233. The van der Waals surface area contributed by atoms with Crippen molar-refractivity contribution >= 4 is 0 Å². The topological polar surface area (TPSA) is 59.1 Å². The van der Waals surface area contributed by atoms with Gasteiger partial charge >= 0.3 is 0 Å². The third-order valence-corrected chi connectivity index (χ3v) is 5.32. The third-order valence-electron chi connectivity index (χ3n) is 5.32. The van der Waals surface area contributed by atoms with Gasteiger partial charge in [0.1, 0.15) is 0 Å². The van der Waals surface area contributed by atoms with Gasteiger partial charge in [-0.2, -0.15) is 5.10 Å². The lowest BCUT2D eigenvalue weighted by molar-refractivity contribution is 0.0596. The lowest BCUT2D eigenvalue weighted by atomic mass is 9.83. The maximum atomic E-state index is 5.96. The number of nitrogens with two attached hydrogens (primary N) is 1. The van der Waals surface area contributed by atoms with Crippen LogP contribution in [-0.2, 0) is 13.5 Å². The minimum absolute atomic E-state index is 0.233. The van der Waals surface area contributed by atoms with Crippen LogP contribution in [0.25, 0.3) is 0 Å². The van der Waals surface area contributed by atoms with E-state index in [1.54, 1.807) is 0 Å². The molecule has 1 aliphatic rings. The Kier molecular flexibility index (Phi) is 5.79. The summed E-state index contributed by atoms with van der Waals surface area (Å²) in [5.41, 5.74) is 4.66. The lowest BCUT2D eigenvalue weighted by Gasteiger charge is -2.46. The van der Waals surface area contributed by atoms with Crippen LogP contribution in [0.1, 0.15) is 51.6 Å². The molecule has 0 radical (unpaired) electrons. The fraction of sp³-hybridized carbons (Fsp3) is 0.812. The summed E-state index contributed by atoms with van der Waals surface area (Å²) in [6, 6.07) is 2.45. The first-order chi connectivity index (χ1) is 10.2. The molecule has 0 amide bonds. The summed E-state index contributed by atoms with van der Waals surface area (Å²) >= 11 is 0. The molecule has 5 heteroatoms. The molecule has 0 saturated heterocycles. The van der Waals surface area contributed by atoms with Gasteiger partial charge in [0, 0.05) is 30.5 Å². The van der Waals surface area contributed by atoms with Crippen LogP contribution in [0.4, 0.5) is 0 Å². The van der Waals surface area contributed by atoms with Crippen molar-refractivity contribution in [2.45, 2.75) is 64.0 Å². The zero-order chi connectivity index (χ0) is 15.3. The van der Waals surface area contributed by atoms with Crippen molar-refractivity contribution < 1.29 is 0 Å². The molecule has 2 rings (SSSR count). The Morgan fingerprint density at radius 2 is 2.05 bits per heavy atom. The molecule has 120 valence electrons. The van der Waals surface area contributed by atoms with Crippen LogP contribution in [0, 0.1) is 0 Å². The molecule has 1 aliphatic carbocycles. The first-order valence-electron chi connectivity index (χ1n) is 8.36. The number of nitrogens with zero attached hydrogens (tertiary/aromatic N) is 3. The molecule has 1 aromatic heterocycles. The Hall–Kier alpha value is -0.910. The van der Waals surface area contributed by atoms with Crippen molar-refractivity contribution in [1.29, 1.82) is 0 Å². The van der Waals surface area contributed by atoms with E-state index >= 15 is 0 Å². The molecule has 1 unspecified atom stereocenters. The first kappa shape index (κ1) is 16.5. The highest BCUT2D eigenvalue weighted by molar-refractivity contribution is 5.06. The summed E-state index contributed by atoms with van der Waals surface area (Å²) in [5, 5.41) is 4.26. The second-order valence-corrected chi connectivity index (χ2v) is 6.19. The van der Waals surface area contributed by atoms with E-state index in [-0.39, 0.29) is 5.54 Å². The fourth-order valence-electron chi connectivity index (χ4n) is 4.17. The van der Waals surface area contributed by atoms with E-state index in [2.05, 4.69) is 35.3 Å². The van der Waals surface area contributed by atoms with E-state index in [4.69, 9.17) is 5.84 Å². The van der Waals surface area contributed by atoms with Gasteiger partial charge in [-0.05, 0) is 44.8 Å². The summed E-state index contributed by atoms with van der Waals surface area (Å²) in [7, 11) is 2.01. The monoisotopic (exact) mass is 293 g/mol. The van der Waals surface area contributed by atoms with Crippen LogP contribution in [0.3, 0.4) is 0 Å². The van der Waals surface area contributed by atoms with E-state index in [0.717, 1.165) is 25.9 Å². The zero-order valence-corrected chi connectivity index (χ0v) is 13.8. The second kappa shape index (κ2) is 7.38. The number of likely N-dealkylation sites (N-methyl/N-ethyl adjacent to an activating group) is 1. The summed E-state index contributed by atoms with van der Waals surface area (Å²) in [6.45, 7) is 6.72. The average molecular weight is 293 g/mol. The smallest absolute Gasteiger partial charge is 0.0492 e. The van der Waals surface area contributed by atoms with Crippen molar-refractivity contribution in [3.05, 3.63) is 18.0 Å². The SMILES string of the molecule is CCN(CC)C1(C(CCc2ccnn2C)NN)CCCC1. The molecule has 0 bridgehead atoms. The summed E-state index contributed by atoms with van der Waals surface area (Å²) in [5.74, 6) is 5.96. The number of hydrogen-bond acceptors (Lipinski definition) is 4. The van der Waals surface area contributed by atoms with Gasteiger partial charge in [0.15, 0.2) is 0 Å². The Labute approximate surface area is 128 Å². The zero-order valence-electron chi connectivity index (χ0n) is 13.8. The standard InChI is InChI=1S/C16H31N5/c1-4-21(5-2)16(11-6-7-12-16)15(19-17)9-8-14-10-13-18-20(14)3/h10,13,15,19H,4-9,11-12,17H2,1-3H3. The summed E-state index contributed by atoms with van der Waals surface area (Å²) < 4.78 is 1.96. The van der Waals surface area contributed by atoms with Gasteiger partial charge in [0.25, 0.3) is 0 Å². The summed E-state index contributed by atoms with van der Waals surface area (Å²) in [4.78, 5) is 2.62. The van der Waals surface area contributed by atoms with Gasteiger partial charge in [-0.1, -0.05) is 26.7 Å². The number of hydrogen-bond donors (Lipinski definition) is 2. The number of rotatable bonds is 8.